The number of nitrogens with one attached hydrogen (secondary N) is 2. The number of halogens is 1. The van der Waals surface area contributed by atoms with E-state index in [9.17, 15) is 14.0 Å². The summed E-state index contributed by atoms with van der Waals surface area (Å²) in [4.78, 5) is 22.9. The molecule has 0 bridgehead atoms. The minimum absolute atomic E-state index is 0.117. The summed E-state index contributed by atoms with van der Waals surface area (Å²) in [6, 6.07) is 5.45. The van der Waals surface area contributed by atoms with Crippen molar-refractivity contribution >= 4 is 23.6 Å². The van der Waals surface area contributed by atoms with E-state index in [1.807, 2.05) is 0 Å². The smallest absolute Gasteiger partial charge is 0.243 e. The number of benzene rings is 1. The zero-order chi connectivity index (χ0) is 13.0. The van der Waals surface area contributed by atoms with Crippen LogP contribution >= 0.6 is 11.8 Å². The molecule has 18 heavy (non-hydrogen) atoms. The van der Waals surface area contributed by atoms with Crippen molar-refractivity contribution in [2.24, 2.45) is 0 Å². The third-order valence-electron chi connectivity index (χ3n) is 2.55. The van der Waals surface area contributed by atoms with E-state index in [1.165, 1.54) is 23.9 Å². The molecule has 4 nitrogen and oxygen atoms in total. The molecule has 1 aliphatic rings. The van der Waals surface area contributed by atoms with Crippen molar-refractivity contribution < 1.29 is 14.0 Å². The van der Waals surface area contributed by atoms with Gasteiger partial charge < -0.3 is 10.6 Å². The lowest BCUT2D eigenvalue weighted by atomic mass is 10.2. The number of amides is 2. The second-order valence-electron chi connectivity index (χ2n) is 3.98. The fourth-order valence-electron chi connectivity index (χ4n) is 1.60. The van der Waals surface area contributed by atoms with Gasteiger partial charge in [-0.25, -0.2) is 4.39 Å². The molecule has 0 saturated carbocycles. The second kappa shape index (κ2) is 5.86. The predicted octanol–water partition coefficient (Wildman–Crippen LogP) is 0.674. The van der Waals surface area contributed by atoms with Crippen molar-refractivity contribution in [2.75, 3.05) is 11.5 Å². The summed E-state index contributed by atoms with van der Waals surface area (Å²) in [5.41, 5.74) is 0.819. The summed E-state index contributed by atoms with van der Waals surface area (Å²) < 4.78 is 12.7. The maximum Gasteiger partial charge on any atom is 0.243 e. The zero-order valence-electron chi connectivity index (χ0n) is 9.61. The van der Waals surface area contributed by atoms with Crippen LogP contribution in [0, 0.1) is 5.82 Å². The molecule has 1 aromatic rings. The molecule has 0 radical (unpaired) electrons. The molecule has 0 aliphatic carbocycles. The van der Waals surface area contributed by atoms with E-state index in [0.29, 0.717) is 18.1 Å². The predicted molar refractivity (Wildman–Crippen MR) is 67.5 cm³/mol. The Kier molecular flexibility index (Phi) is 4.19. The number of hydrogen-bond acceptors (Lipinski definition) is 3. The Bertz CT molecular complexity index is 450. The van der Waals surface area contributed by atoms with E-state index >= 15 is 0 Å². The molecule has 2 rings (SSSR count). The fraction of sp³-hybridized carbons (Fsp3) is 0.333. The molecule has 1 aromatic carbocycles. The second-order valence-corrected chi connectivity index (χ2v) is 5.01. The van der Waals surface area contributed by atoms with E-state index in [4.69, 9.17) is 0 Å². The lowest BCUT2D eigenvalue weighted by Crippen LogP contribution is -2.51. The number of carbonyl (C=O) groups excluding carboxylic acids is 2. The highest BCUT2D eigenvalue weighted by molar-refractivity contribution is 8.00. The first-order chi connectivity index (χ1) is 8.65. The summed E-state index contributed by atoms with van der Waals surface area (Å²) >= 11 is 1.44. The van der Waals surface area contributed by atoms with Gasteiger partial charge in [0.25, 0.3) is 0 Å². The Morgan fingerprint density at radius 1 is 1.44 bits per heavy atom. The molecule has 1 heterocycles. The Balaban J connectivity index is 1.84. The minimum Gasteiger partial charge on any atom is -0.350 e. The van der Waals surface area contributed by atoms with Gasteiger partial charge in [0.15, 0.2) is 0 Å². The molecule has 1 fully saturated rings. The van der Waals surface area contributed by atoms with Gasteiger partial charge in [-0.3, -0.25) is 9.59 Å². The van der Waals surface area contributed by atoms with E-state index in [1.54, 1.807) is 12.1 Å². The molecule has 1 atom stereocenters. The van der Waals surface area contributed by atoms with Gasteiger partial charge in [-0.05, 0) is 17.7 Å². The molecule has 1 aliphatic heterocycles. The third kappa shape index (κ3) is 3.46. The summed E-state index contributed by atoms with van der Waals surface area (Å²) in [7, 11) is 0. The van der Waals surface area contributed by atoms with E-state index in [2.05, 4.69) is 10.6 Å². The Morgan fingerprint density at radius 2 is 2.17 bits per heavy atom. The lowest BCUT2D eigenvalue weighted by Gasteiger charge is -2.22. The van der Waals surface area contributed by atoms with Gasteiger partial charge in [0.05, 0.1) is 5.75 Å². The molecule has 1 unspecified atom stereocenters. The highest BCUT2D eigenvalue weighted by atomic mass is 32.2. The SMILES string of the molecule is O=C1CSCC(C(=O)NCc2ccc(F)cc2)N1. The normalized spacial score (nSPS) is 19.2. The van der Waals surface area contributed by atoms with Crippen molar-refractivity contribution in [1.29, 1.82) is 0 Å². The number of thioether (sulfide) groups is 1. The maximum absolute atomic E-state index is 12.7. The van der Waals surface area contributed by atoms with Crippen LogP contribution in [0.25, 0.3) is 0 Å². The first-order valence-electron chi connectivity index (χ1n) is 5.54. The van der Waals surface area contributed by atoms with Crippen molar-refractivity contribution in [3.63, 3.8) is 0 Å². The number of carbonyl (C=O) groups is 2. The minimum atomic E-state index is -0.475. The van der Waals surface area contributed by atoms with E-state index < -0.39 is 6.04 Å². The van der Waals surface area contributed by atoms with Crippen LogP contribution in [0.15, 0.2) is 24.3 Å². The largest absolute Gasteiger partial charge is 0.350 e. The van der Waals surface area contributed by atoms with Gasteiger partial charge in [0, 0.05) is 12.3 Å². The van der Waals surface area contributed by atoms with Gasteiger partial charge in [0.1, 0.15) is 11.9 Å². The standard InChI is InChI=1S/C12H13FN2O2S/c13-9-3-1-8(2-4-9)5-14-12(17)10-6-18-7-11(16)15-10/h1-4,10H,5-7H2,(H,14,17)(H,15,16). The lowest BCUT2D eigenvalue weighted by molar-refractivity contribution is -0.127. The summed E-state index contributed by atoms with van der Waals surface area (Å²) in [6.45, 7) is 0.330. The molecule has 6 heteroatoms. The monoisotopic (exact) mass is 268 g/mol. The van der Waals surface area contributed by atoms with Crippen molar-refractivity contribution in [1.82, 2.24) is 10.6 Å². The van der Waals surface area contributed by atoms with Crippen LogP contribution in [0.3, 0.4) is 0 Å². The average Bonchev–Trinajstić information content (AvgIpc) is 2.38. The summed E-state index contributed by atoms with van der Waals surface area (Å²) in [6.07, 6.45) is 0. The number of hydrogen-bond donors (Lipinski definition) is 2. The number of rotatable bonds is 3. The van der Waals surface area contributed by atoms with Crippen molar-refractivity contribution in [3.05, 3.63) is 35.6 Å². The van der Waals surface area contributed by atoms with Crippen LogP contribution in [0.5, 0.6) is 0 Å². The molecule has 0 spiro atoms. The quantitative estimate of drug-likeness (QED) is 0.847. The van der Waals surface area contributed by atoms with Crippen LogP contribution in [0.1, 0.15) is 5.56 Å². The molecular formula is C12H13FN2O2S. The highest BCUT2D eigenvalue weighted by Gasteiger charge is 2.24. The Hall–Kier alpha value is -1.56. The van der Waals surface area contributed by atoms with Gasteiger partial charge >= 0.3 is 0 Å². The summed E-state index contributed by atoms with van der Waals surface area (Å²) in [5.74, 6) is 0.358. The molecular weight excluding hydrogens is 255 g/mol. The maximum atomic E-state index is 12.7. The summed E-state index contributed by atoms with van der Waals surface area (Å²) in [5, 5.41) is 5.35. The Labute approximate surface area is 108 Å². The van der Waals surface area contributed by atoms with Gasteiger partial charge in [-0.15, -0.1) is 11.8 Å². The first kappa shape index (κ1) is 12.9. The average molecular weight is 268 g/mol. The van der Waals surface area contributed by atoms with Crippen LogP contribution < -0.4 is 10.6 Å². The van der Waals surface area contributed by atoms with Crippen LogP contribution in [-0.2, 0) is 16.1 Å². The zero-order valence-corrected chi connectivity index (χ0v) is 10.4. The molecule has 96 valence electrons. The van der Waals surface area contributed by atoms with Crippen LogP contribution in [0.2, 0.25) is 0 Å². The van der Waals surface area contributed by atoms with Crippen molar-refractivity contribution in [3.8, 4) is 0 Å². The van der Waals surface area contributed by atoms with E-state index in [-0.39, 0.29) is 17.6 Å². The first-order valence-corrected chi connectivity index (χ1v) is 6.70. The molecule has 1 saturated heterocycles. The van der Waals surface area contributed by atoms with Gasteiger partial charge in [0.2, 0.25) is 11.8 Å². The van der Waals surface area contributed by atoms with Gasteiger partial charge in [-0.1, -0.05) is 12.1 Å². The molecule has 2 N–H and O–H groups in total. The van der Waals surface area contributed by atoms with Crippen molar-refractivity contribution in [2.45, 2.75) is 12.6 Å². The third-order valence-corrected chi connectivity index (χ3v) is 3.58. The molecule has 0 aromatic heterocycles. The van der Waals surface area contributed by atoms with E-state index in [0.717, 1.165) is 5.56 Å². The highest BCUT2D eigenvalue weighted by Crippen LogP contribution is 2.09. The molecule has 2 amide bonds. The fourth-order valence-corrected chi connectivity index (χ4v) is 2.46. The Morgan fingerprint density at radius 3 is 2.83 bits per heavy atom. The topological polar surface area (TPSA) is 58.2 Å². The van der Waals surface area contributed by atoms with Gasteiger partial charge in [-0.2, -0.15) is 0 Å². The van der Waals surface area contributed by atoms with Crippen LogP contribution in [-0.4, -0.2) is 29.4 Å². The van der Waals surface area contributed by atoms with Crippen LogP contribution in [0.4, 0.5) is 4.39 Å².